The van der Waals surface area contributed by atoms with Crippen LogP contribution >= 0.6 is 0 Å². The number of likely N-dealkylation sites (tertiary alicyclic amines) is 1. The van der Waals surface area contributed by atoms with Crippen LogP contribution in [-0.4, -0.2) is 47.7 Å². The van der Waals surface area contributed by atoms with Crippen LogP contribution in [0.15, 0.2) is 0 Å². The summed E-state index contributed by atoms with van der Waals surface area (Å²) in [4.78, 5) is 13.7. The first kappa shape index (κ1) is 13.5. The number of carbonyl (C=O) groups is 1. The zero-order chi connectivity index (χ0) is 12.1. The molecule has 16 heavy (non-hydrogen) atoms. The summed E-state index contributed by atoms with van der Waals surface area (Å²) in [6.45, 7) is 8.28. The molecule has 1 aliphatic heterocycles. The highest BCUT2D eigenvalue weighted by Crippen LogP contribution is 2.16. The van der Waals surface area contributed by atoms with Gasteiger partial charge in [-0.3, -0.25) is 4.79 Å². The van der Waals surface area contributed by atoms with Gasteiger partial charge in [-0.05, 0) is 12.3 Å². The van der Waals surface area contributed by atoms with Crippen molar-refractivity contribution in [3.8, 4) is 0 Å². The number of nitrogens with one attached hydrogen (secondary N) is 1. The minimum Gasteiger partial charge on any atom is -0.393 e. The highest BCUT2D eigenvalue weighted by molar-refractivity contribution is 5.76. The highest BCUT2D eigenvalue weighted by atomic mass is 16.3. The Morgan fingerprint density at radius 1 is 1.56 bits per heavy atom. The molecule has 0 spiro atoms. The van der Waals surface area contributed by atoms with Gasteiger partial charge in [0.25, 0.3) is 0 Å². The summed E-state index contributed by atoms with van der Waals surface area (Å²) in [5.74, 6) is 0.405. The third kappa shape index (κ3) is 4.10. The van der Waals surface area contributed by atoms with Crippen molar-refractivity contribution in [2.45, 2.75) is 45.8 Å². The van der Waals surface area contributed by atoms with Gasteiger partial charge in [-0.15, -0.1) is 0 Å². The number of hydrogen-bond donors (Lipinski definition) is 2. The first-order valence-electron chi connectivity index (χ1n) is 6.20. The van der Waals surface area contributed by atoms with Crippen LogP contribution in [0.2, 0.25) is 0 Å². The van der Waals surface area contributed by atoms with E-state index in [1.807, 2.05) is 11.8 Å². The summed E-state index contributed by atoms with van der Waals surface area (Å²) < 4.78 is 0. The van der Waals surface area contributed by atoms with E-state index in [4.69, 9.17) is 0 Å². The lowest BCUT2D eigenvalue weighted by molar-refractivity contribution is -0.134. The van der Waals surface area contributed by atoms with E-state index in [2.05, 4.69) is 19.2 Å². The average molecular weight is 228 g/mol. The first-order chi connectivity index (χ1) is 7.50. The van der Waals surface area contributed by atoms with E-state index >= 15 is 0 Å². The Morgan fingerprint density at radius 2 is 2.25 bits per heavy atom. The van der Waals surface area contributed by atoms with Gasteiger partial charge in [-0.1, -0.05) is 20.8 Å². The fourth-order valence-electron chi connectivity index (χ4n) is 1.99. The first-order valence-corrected chi connectivity index (χ1v) is 6.20. The van der Waals surface area contributed by atoms with Crippen molar-refractivity contribution < 1.29 is 9.90 Å². The number of aliphatic hydroxyl groups excluding tert-OH is 1. The molecular weight excluding hydrogens is 204 g/mol. The van der Waals surface area contributed by atoms with Crippen molar-refractivity contribution in [3.05, 3.63) is 0 Å². The van der Waals surface area contributed by atoms with Crippen LogP contribution in [0.25, 0.3) is 0 Å². The molecule has 0 aromatic rings. The fourth-order valence-corrected chi connectivity index (χ4v) is 1.99. The predicted molar refractivity (Wildman–Crippen MR) is 64.1 cm³/mol. The molecule has 2 unspecified atom stereocenters. The number of nitrogens with zero attached hydrogens (tertiary/aromatic N) is 1. The second-order valence-electron chi connectivity index (χ2n) is 5.03. The van der Waals surface area contributed by atoms with Crippen LogP contribution in [0, 0.1) is 5.92 Å². The van der Waals surface area contributed by atoms with Crippen LogP contribution in [0.3, 0.4) is 0 Å². The number of hydrogen-bond acceptors (Lipinski definition) is 3. The smallest absolute Gasteiger partial charge is 0.223 e. The van der Waals surface area contributed by atoms with Crippen LogP contribution in [0.5, 0.6) is 0 Å². The molecule has 4 nitrogen and oxygen atoms in total. The molecule has 0 aromatic heterocycles. The number of rotatable bonds is 4. The third-order valence-electron chi connectivity index (χ3n) is 3.10. The molecule has 94 valence electrons. The number of carbonyl (C=O) groups excluding carboxylic acids is 1. The highest BCUT2D eigenvalue weighted by Gasteiger charge is 2.26. The van der Waals surface area contributed by atoms with E-state index in [-0.39, 0.29) is 17.9 Å². The molecule has 0 aliphatic carbocycles. The molecule has 0 aromatic carbocycles. The van der Waals surface area contributed by atoms with Gasteiger partial charge in [0.15, 0.2) is 0 Å². The fraction of sp³-hybridized carbons (Fsp3) is 0.917. The monoisotopic (exact) mass is 228 g/mol. The molecule has 1 rings (SSSR count). The molecule has 0 radical (unpaired) electrons. The minimum atomic E-state index is -0.238. The van der Waals surface area contributed by atoms with E-state index in [0.717, 1.165) is 6.54 Å². The maximum Gasteiger partial charge on any atom is 0.223 e. The minimum absolute atomic E-state index is 0.201. The van der Waals surface area contributed by atoms with Gasteiger partial charge in [-0.25, -0.2) is 0 Å². The Hall–Kier alpha value is -0.610. The van der Waals surface area contributed by atoms with Gasteiger partial charge in [0.05, 0.1) is 6.10 Å². The lowest BCUT2D eigenvalue weighted by atomic mass is 9.96. The second-order valence-corrected chi connectivity index (χ2v) is 5.03. The molecular formula is C12H24N2O2. The lowest BCUT2D eigenvalue weighted by Crippen LogP contribution is -2.45. The largest absolute Gasteiger partial charge is 0.393 e. The van der Waals surface area contributed by atoms with E-state index in [0.29, 0.717) is 32.0 Å². The van der Waals surface area contributed by atoms with E-state index in [1.54, 1.807) is 0 Å². The zero-order valence-corrected chi connectivity index (χ0v) is 10.6. The van der Waals surface area contributed by atoms with Gasteiger partial charge in [-0.2, -0.15) is 0 Å². The Bertz CT molecular complexity index is 231. The quantitative estimate of drug-likeness (QED) is 0.741. The maximum atomic E-state index is 11.8. The summed E-state index contributed by atoms with van der Waals surface area (Å²) in [6.07, 6.45) is 1.03. The molecule has 1 amide bonds. The Kier molecular flexibility index (Phi) is 5.22. The summed E-state index contributed by atoms with van der Waals surface area (Å²) in [5.41, 5.74) is 0. The van der Waals surface area contributed by atoms with Gasteiger partial charge in [0, 0.05) is 32.1 Å². The lowest BCUT2D eigenvalue weighted by Gasteiger charge is -2.34. The summed E-state index contributed by atoms with van der Waals surface area (Å²) in [7, 11) is 0. The molecule has 1 fully saturated rings. The van der Waals surface area contributed by atoms with Gasteiger partial charge in [0.1, 0.15) is 0 Å². The summed E-state index contributed by atoms with van der Waals surface area (Å²) in [6, 6.07) is 0.426. The standard InChI is InChI=1S/C12H24N2O2/c1-9(2)13-6-4-12(16)14-7-5-11(15)10(3)8-14/h9-11,13,15H,4-8H2,1-3H3. The van der Waals surface area contributed by atoms with Crippen LogP contribution in [0.4, 0.5) is 0 Å². The molecule has 1 aliphatic rings. The number of aliphatic hydroxyl groups is 1. The van der Waals surface area contributed by atoms with Crippen molar-refractivity contribution in [1.82, 2.24) is 10.2 Å². The summed E-state index contributed by atoms with van der Waals surface area (Å²) >= 11 is 0. The van der Waals surface area contributed by atoms with Gasteiger partial charge < -0.3 is 15.3 Å². The Morgan fingerprint density at radius 3 is 2.81 bits per heavy atom. The molecule has 2 N–H and O–H groups in total. The van der Waals surface area contributed by atoms with Crippen LogP contribution < -0.4 is 5.32 Å². The number of piperidine rings is 1. The van der Waals surface area contributed by atoms with Crippen molar-refractivity contribution >= 4 is 5.91 Å². The topological polar surface area (TPSA) is 52.6 Å². The van der Waals surface area contributed by atoms with E-state index in [9.17, 15) is 9.90 Å². The Labute approximate surface area is 98.0 Å². The molecule has 0 bridgehead atoms. The molecule has 0 saturated carbocycles. The van der Waals surface area contributed by atoms with Crippen molar-refractivity contribution in [2.75, 3.05) is 19.6 Å². The molecule has 1 saturated heterocycles. The van der Waals surface area contributed by atoms with Crippen molar-refractivity contribution in [1.29, 1.82) is 0 Å². The van der Waals surface area contributed by atoms with E-state index < -0.39 is 0 Å². The second kappa shape index (κ2) is 6.21. The van der Waals surface area contributed by atoms with Gasteiger partial charge >= 0.3 is 0 Å². The zero-order valence-electron chi connectivity index (χ0n) is 10.6. The van der Waals surface area contributed by atoms with E-state index in [1.165, 1.54) is 0 Å². The summed E-state index contributed by atoms with van der Waals surface area (Å²) in [5, 5.41) is 12.8. The normalized spacial score (nSPS) is 26.2. The molecule has 1 heterocycles. The molecule has 4 heteroatoms. The SMILES string of the molecule is CC(C)NCCC(=O)N1CCC(O)C(C)C1. The maximum absolute atomic E-state index is 11.8. The van der Waals surface area contributed by atoms with Crippen LogP contribution in [-0.2, 0) is 4.79 Å². The third-order valence-corrected chi connectivity index (χ3v) is 3.10. The predicted octanol–water partition coefficient (Wildman–Crippen LogP) is 0.604. The molecule has 2 atom stereocenters. The van der Waals surface area contributed by atoms with Crippen molar-refractivity contribution in [3.63, 3.8) is 0 Å². The Balaban J connectivity index is 2.26. The van der Waals surface area contributed by atoms with Gasteiger partial charge in [0.2, 0.25) is 5.91 Å². The van der Waals surface area contributed by atoms with Crippen LogP contribution in [0.1, 0.15) is 33.6 Å². The average Bonchev–Trinajstić information content (AvgIpc) is 2.21. The number of amides is 1. The van der Waals surface area contributed by atoms with Crippen molar-refractivity contribution in [2.24, 2.45) is 5.92 Å².